The molecule has 206 valence electrons. The molecule has 0 atom stereocenters. The molecule has 4 nitrogen and oxygen atoms in total. The second-order valence-electron chi connectivity index (χ2n) is 11.1. The molecule has 9 aromatic rings. The van der Waals surface area contributed by atoms with E-state index in [9.17, 15) is 0 Å². The predicted octanol–water partition coefficient (Wildman–Crippen LogP) is 10.0. The molecule has 0 N–H and O–H groups in total. The lowest BCUT2D eigenvalue weighted by Crippen LogP contribution is -2.03. The Bertz CT molecular complexity index is 2470. The van der Waals surface area contributed by atoms with Gasteiger partial charge in [0.1, 0.15) is 0 Å². The summed E-state index contributed by atoms with van der Waals surface area (Å²) in [6.07, 6.45) is 2.16. The summed E-state index contributed by atoms with van der Waals surface area (Å²) in [5.74, 6) is 0.661. The predicted molar refractivity (Wildman–Crippen MR) is 182 cm³/mol. The molecule has 0 aliphatic rings. The van der Waals surface area contributed by atoms with Gasteiger partial charge in [0.05, 0.1) is 27.8 Å². The van der Waals surface area contributed by atoms with E-state index in [0.29, 0.717) is 5.95 Å². The molecule has 0 unspecified atom stereocenters. The van der Waals surface area contributed by atoms with Crippen LogP contribution in [0.25, 0.3) is 77.6 Å². The Hall–Kier alpha value is -6.00. The van der Waals surface area contributed by atoms with Crippen molar-refractivity contribution in [3.8, 4) is 34.0 Å². The molecule has 0 spiro atoms. The smallest absolute Gasteiger partial charge is 0.235 e. The number of nitrogens with zero attached hydrogens (tertiary/aromatic N) is 4. The highest BCUT2D eigenvalue weighted by Crippen LogP contribution is 2.38. The van der Waals surface area contributed by atoms with Crippen molar-refractivity contribution in [2.24, 2.45) is 0 Å². The maximum absolute atomic E-state index is 5.31. The molecule has 9 rings (SSSR count). The van der Waals surface area contributed by atoms with Gasteiger partial charge in [0.2, 0.25) is 5.95 Å². The molecule has 6 aromatic carbocycles. The first kappa shape index (κ1) is 24.6. The lowest BCUT2D eigenvalue weighted by molar-refractivity contribution is 1.01. The molecule has 0 saturated heterocycles. The lowest BCUT2D eigenvalue weighted by Gasteiger charge is -2.12. The highest BCUT2D eigenvalue weighted by molar-refractivity contribution is 6.20. The van der Waals surface area contributed by atoms with E-state index in [1.807, 2.05) is 12.1 Å². The zero-order valence-corrected chi connectivity index (χ0v) is 23.8. The van der Waals surface area contributed by atoms with Gasteiger partial charge in [-0.15, -0.1) is 0 Å². The van der Waals surface area contributed by atoms with E-state index in [0.717, 1.165) is 38.9 Å². The summed E-state index contributed by atoms with van der Waals surface area (Å²) < 4.78 is 4.51. The summed E-state index contributed by atoms with van der Waals surface area (Å²) in [5.41, 5.74) is 9.75. The van der Waals surface area contributed by atoms with Crippen LogP contribution in [0.15, 0.2) is 158 Å². The molecule has 0 saturated carbocycles. The molecular weight excluding hydrogens is 536 g/mol. The van der Waals surface area contributed by atoms with Crippen molar-refractivity contribution in [1.29, 1.82) is 0 Å². The van der Waals surface area contributed by atoms with Crippen LogP contribution in [0.5, 0.6) is 0 Å². The van der Waals surface area contributed by atoms with Gasteiger partial charge >= 0.3 is 0 Å². The number of benzene rings is 6. The minimum Gasteiger partial charge on any atom is -0.316 e. The summed E-state index contributed by atoms with van der Waals surface area (Å²) in [4.78, 5) is 10.5. The monoisotopic (exact) mass is 562 g/mol. The molecule has 0 radical (unpaired) electrons. The van der Waals surface area contributed by atoms with Crippen molar-refractivity contribution in [2.75, 3.05) is 0 Å². The molecule has 0 amide bonds. The highest BCUT2D eigenvalue weighted by atomic mass is 15.2. The van der Waals surface area contributed by atoms with Gasteiger partial charge in [-0.2, -0.15) is 0 Å². The number of rotatable bonds is 4. The van der Waals surface area contributed by atoms with Gasteiger partial charge in [-0.25, -0.2) is 9.97 Å². The van der Waals surface area contributed by atoms with Crippen LogP contribution in [0.4, 0.5) is 0 Å². The van der Waals surface area contributed by atoms with Gasteiger partial charge in [-0.1, -0.05) is 115 Å². The van der Waals surface area contributed by atoms with E-state index in [2.05, 4.69) is 155 Å². The van der Waals surface area contributed by atoms with Gasteiger partial charge < -0.3 is 4.57 Å². The van der Waals surface area contributed by atoms with Crippen molar-refractivity contribution < 1.29 is 0 Å². The normalized spacial score (nSPS) is 11.6. The number of fused-ring (bicyclic) bond motifs is 6. The number of hydrogen-bond acceptors (Lipinski definition) is 2. The second kappa shape index (κ2) is 9.79. The quantitative estimate of drug-likeness (QED) is 0.214. The molecule has 4 heteroatoms. The summed E-state index contributed by atoms with van der Waals surface area (Å²) in [6, 6.07) is 53.2. The van der Waals surface area contributed by atoms with Crippen molar-refractivity contribution in [1.82, 2.24) is 19.1 Å². The van der Waals surface area contributed by atoms with E-state index in [1.165, 1.54) is 32.8 Å². The van der Waals surface area contributed by atoms with E-state index in [-0.39, 0.29) is 0 Å². The molecule has 3 heterocycles. The van der Waals surface area contributed by atoms with Crippen LogP contribution in [0.1, 0.15) is 0 Å². The average Bonchev–Trinajstić information content (AvgIpc) is 3.68. The maximum Gasteiger partial charge on any atom is 0.235 e. The van der Waals surface area contributed by atoms with Crippen LogP contribution in [-0.4, -0.2) is 19.1 Å². The topological polar surface area (TPSA) is 35.6 Å². The fourth-order valence-electron chi connectivity index (χ4n) is 6.54. The van der Waals surface area contributed by atoms with E-state index < -0.39 is 0 Å². The second-order valence-corrected chi connectivity index (χ2v) is 11.1. The molecule has 44 heavy (non-hydrogen) atoms. The number of aromatic nitrogens is 4. The molecule has 0 aliphatic carbocycles. The Labute approximate surface area is 254 Å². The van der Waals surface area contributed by atoms with Gasteiger partial charge in [0.25, 0.3) is 0 Å². The Morgan fingerprint density at radius 3 is 1.93 bits per heavy atom. The molecule has 0 aliphatic heterocycles. The molecule has 0 fully saturated rings. The minimum absolute atomic E-state index is 0.661. The summed E-state index contributed by atoms with van der Waals surface area (Å²) >= 11 is 0. The summed E-state index contributed by atoms with van der Waals surface area (Å²) in [5, 5.41) is 4.60. The van der Waals surface area contributed by atoms with Crippen LogP contribution in [0, 0.1) is 0 Å². The first-order valence-electron chi connectivity index (χ1n) is 14.9. The maximum atomic E-state index is 5.31. The zero-order valence-electron chi connectivity index (χ0n) is 23.8. The molecule has 3 aromatic heterocycles. The van der Waals surface area contributed by atoms with E-state index in [4.69, 9.17) is 9.97 Å². The number of hydrogen-bond donors (Lipinski definition) is 0. The van der Waals surface area contributed by atoms with Gasteiger partial charge in [0, 0.05) is 39.0 Å². The fourth-order valence-corrected chi connectivity index (χ4v) is 6.54. The summed E-state index contributed by atoms with van der Waals surface area (Å²) in [6.45, 7) is 0. The third kappa shape index (κ3) is 3.78. The Morgan fingerprint density at radius 1 is 0.455 bits per heavy atom. The van der Waals surface area contributed by atoms with Crippen LogP contribution >= 0.6 is 0 Å². The Kier molecular flexibility index (Phi) is 5.47. The highest BCUT2D eigenvalue weighted by Gasteiger charge is 2.20. The first-order chi connectivity index (χ1) is 21.8. The van der Waals surface area contributed by atoms with Crippen LogP contribution < -0.4 is 0 Å². The zero-order chi connectivity index (χ0) is 29.0. The van der Waals surface area contributed by atoms with Crippen molar-refractivity contribution >= 4 is 43.6 Å². The minimum atomic E-state index is 0.661. The lowest BCUT2D eigenvalue weighted by atomic mass is 10.0. The van der Waals surface area contributed by atoms with Crippen LogP contribution in [0.3, 0.4) is 0 Å². The van der Waals surface area contributed by atoms with E-state index in [1.54, 1.807) is 0 Å². The van der Waals surface area contributed by atoms with Crippen LogP contribution in [-0.2, 0) is 0 Å². The van der Waals surface area contributed by atoms with Gasteiger partial charge in [-0.3, -0.25) is 4.57 Å². The van der Waals surface area contributed by atoms with Crippen LogP contribution in [0.2, 0.25) is 0 Å². The van der Waals surface area contributed by atoms with Gasteiger partial charge in [0.15, 0.2) is 0 Å². The SMILES string of the molecule is c1ccc(-c2ccc(-c3nc(-n4c5ccccc5c5c6c(ccc54)ccn6-c4ccccc4)nc4ccccc34)cc2)cc1. The third-order valence-corrected chi connectivity index (χ3v) is 8.58. The van der Waals surface area contributed by atoms with Crippen molar-refractivity contribution in [2.45, 2.75) is 0 Å². The molecular formula is C40H26N4. The Morgan fingerprint density at radius 2 is 1.11 bits per heavy atom. The Balaban J connectivity index is 1.31. The van der Waals surface area contributed by atoms with Crippen molar-refractivity contribution in [3.63, 3.8) is 0 Å². The fraction of sp³-hybridized carbons (Fsp3) is 0. The third-order valence-electron chi connectivity index (χ3n) is 8.58. The largest absolute Gasteiger partial charge is 0.316 e. The average molecular weight is 563 g/mol. The number of para-hydroxylation sites is 3. The standard InChI is InChI=1S/C40H26N4/c1-3-11-27(12-4-1)28-19-21-29(22-20-28)38-32-15-7-9-17-34(32)41-40(42-38)44-35-18-10-8-16-33(35)37-36(44)24-23-30-25-26-43(39(30)37)31-13-5-2-6-14-31/h1-26H. The van der Waals surface area contributed by atoms with Gasteiger partial charge in [-0.05, 0) is 47.5 Å². The van der Waals surface area contributed by atoms with Crippen molar-refractivity contribution in [3.05, 3.63) is 158 Å². The van der Waals surface area contributed by atoms with E-state index >= 15 is 0 Å². The molecule has 0 bridgehead atoms. The first-order valence-corrected chi connectivity index (χ1v) is 14.9. The summed E-state index contributed by atoms with van der Waals surface area (Å²) in [7, 11) is 0.